The van der Waals surface area contributed by atoms with Crippen LogP contribution in [0.5, 0.6) is 0 Å². The first kappa shape index (κ1) is 13.1. The van der Waals surface area contributed by atoms with Crippen molar-refractivity contribution in [2.24, 2.45) is 0 Å². The Morgan fingerprint density at radius 2 is 1.88 bits per heavy atom. The summed E-state index contributed by atoms with van der Waals surface area (Å²) in [4.78, 5) is 22.4. The number of thioether (sulfide) groups is 1. The van der Waals surface area contributed by atoms with Crippen molar-refractivity contribution in [3.63, 3.8) is 0 Å². The monoisotopic (exact) mass is 258 g/mol. The van der Waals surface area contributed by atoms with Crippen LogP contribution in [0.3, 0.4) is 0 Å². The predicted octanol–water partition coefficient (Wildman–Crippen LogP) is 2.43. The predicted molar refractivity (Wildman–Crippen MR) is 65.1 cm³/mol. The fourth-order valence-corrected chi connectivity index (χ4v) is 1.87. The molecule has 1 aromatic rings. The Hall–Kier alpha value is -1.00. The van der Waals surface area contributed by atoms with Gasteiger partial charge in [0, 0.05) is 10.6 Å². The number of ketones is 1. The van der Waals surface area contributed by atoms with Gasteiger partial charge in [0.1, 0.15) is 0 Å². The topological polar surface area (TPSA) is 43.4 Å². The average molecular weight is 259 g/mol. The Morgan fingerprint density at radius 3 is 2.44 bits per heavy atom. The highest BCUT2D eigenvalue weighted by atomic mass is 35.5. The molecule has 0 saturated carbocycles. The van der Waals surface area contributed by atoms with Crippen LogP contribution in [0.1, 0.15) is 10.4 Å². The molecule has 0 radical (unpaired) electrons. The fourth-order valence-electron chi connectivity index (χ4n) is 1.01. The van der Waals surface area contributed by atoms with Crippen LogP contribution < -0.4 is 0 Å². The number of methoxy groups -OCH3 is 1. The highest BCUT2D eigenvalue weighted by Gasteiger charge is 2.07. The Morgan fingerprint density at radius 1 is 1.25 bits per heavy atom. The summed E-state index contributed by atoms with van der Waals surface area (Å²) in [5.41, 5.74) is 0.599. The van der Waals surface area contributed by atoms with Gasteiger partial charge < -0.3 is 4.74 Å². The number of carbonyl (C=O) groups excluding carboxylic acids is 2. The van der Waals surface area contributed by atoms with Crippen LogP contribution in [0.2, 0.25) is 5.02 Å². The van der Waals surface area contributed by atoms with E-state index in [1.807, 2.05) is 0 Å². The summed E-state index contributed by atoms with van der Waals surface area (Å²) in [5, 5.41) is 0.596. The van der Waals surface area contributed by atoms with Gasteiger partial charge in [0.15, 0.2) is 5.78 Å². The highest BCUT2D eigenvalue weighted by molar-refractivity contribution is 8.00. The molecule has 16 heavy (non-hydrogen) atoms. The number of Topliss-reactive ketones (excluding diaryl/α,β-unsaturated/α-hetero) is 1. The van der Waals surface area contributed by atoms with E-state index in [-0.39, 0.29) is 23.3 Å². The molecule has 1 aromatic carbocycles. The van der Waals surface area contributed by atoms with Crippen LogP contribution in [-0.2, 0) is 9.53 Å². The van der Waals surface area contributed by atoms with E-state index in [1.54, 1.807) is 24.3 Å². The van der Waals surface area contributed by atoms with Crippen molar-refractivity contribution in [3.8, 4) is 0 Å². The number of halogens is 1. The molecule has 0 unspecified atom stereocenters. The van der Waals surface area contributed by atoms with Crippen LogP contribution >= 0.6 is 23.4 Å². The molecular weight excluding hydrogens is 248 g/mol. The van der Waals surface area contributed by atoms with E-state index >= 15 is 0 Å². The number of carbonyl (C=O) groups is 2. The molecular formula is C11H11ClO3S. The quantitative estimate of drug-likeness (QED) is 0.601. The average Bonchev–Trinajstić information content (AvgIpc) is 2.29. The van der Waals surface area contributed by atoms with Gasteiger partial charge in [-0.25, -0.2) is 0 Å². The zero-order chi connectivity index (χ0) is 12.0. The van der Waals surface area contributed by atoms with Gasteiger partial charge in [0.2, 0.25) is 0 Å². The largest absolute Gasteiger partial charge is 0.468 e. The van der Waals surface area contributed by atoms with E-state index in [0.717, 1.165) is 0 Å². The lowest BCUT2D eigenvalue weighted by atomic mass is 10.1. The minimum absolute atomic E-state index is 0.0226. The molecule has 0 aliphatic heterocycles. The van der Waals surface area contributed by atoms with Gasteiger partial charge >= 0.3 is 5.97 Å². The van der Waals surface area contributed by atoms with Gasteiger partial charge in [-0.1, -0.05) is 11.6 Å². The summed E-state index contributed by atoms with van der Waals surface area (Å²) in [6.45, 7) is 0. The molecule has 5 heteroatoms. The van der Waals surface area contributed by atoms with Crippen molar-refractivity contribution in [1.82, 2.24) is 0 Å². The van der Waals surface area contributed by atoms with E-state index < -0.39 is 0 Å². The van der Waals surface area contributed by atoms with Gasteiger partial charge in [0.25, 0.3) is 0 Å². The lowest BCUT2D eigenvalue weighted by molar-refractivity contribution is -0.137. The summed E-state index contributed by atoms with van der Waals surface area (Å²) < 4.78 is 4.46. The molecule has 0 N–H and O–H groups in total. The van der Waals surface area contributed by atoms with Gasteiger partial charge in [0.05, 0.1) is 18.6 Å². The van der Waals surface area contributed by atoms with Gasteiger partial charge in [-0.15, -0.1) is 11.8 Å². The van der Waals surface area contributed by atoms with Crippen LogP contribution in [0.4, 0.5) is 0 Å². The van der Waals surface area contributed by atoms with Crippen LogP contribution in [0, 0.1) is 0 Å². The second-order valence-electron chi connectivity index (χ2n) is 3.00. The van der Waals surface area contributed by atoms with E-state index in [0.29, 0.717) is 10.6 Å². The molecule has 0 aromatic heterocycles. The molecule has 0 atom stereocenters. The van der Waals surface area contributed by atoms with Gasteiger partial charge in [-0.05, 0) is 24.3 Å². The SMILES string of the molecule is COC(=O)CSCC(=O)c1ccc(Cl)cc1. The minimum Gasteiger partial charge on any atom is -0.468 e. The summed E-state index contributed by atoms with van der Waals surface area (Å²) in [6.07, 6.45) is 0. The van der Waals surface area contributed by atoms with Crippen molar-refractivity contribution in [2.45, 2.75) is 0 Å². The van der Waals surface area contributed by atoms with E-state index in [2.05, 4.69) is 4.74 Å². The van der Waals surface area contributed by atoms with Crippen LogP contribution in [-0.4, -0.2) is 30.4 Å². The maximum atomic E-state index is 11.6. The lowest BCUT2D eigenvalue weighted by Crippen LogP contribution is -2.08. The van der Waals surface area contributed by atoms with Crippen molar-refractivity contribution in [3.05, 3.63) is 34.9 Å². The summed E-state index contributed by atoms with van der Waals surface area (Å²) in [7, 11) is 1.32. The lowest BCUT2D eigenvalue weighted by Gasteiger charge is -2.01. The van der Waals surface area contributed by atoms with Gasteiger partial charge in [-0.3, -0.25) is 9.59 Å². The zero-order valence-electron chi connectivity index (χ0n) is 8.73. The Balaban J connectivity index is 2.41. The second-order valence-corrected chi connectivity index (χ2v) is 4.42. The number of hydrogen-bond acceptors (Lipinski definition) is 4. The first-order chi connectivity index (χ1) is 7.63. The number of hydrogen-bond donors (Lipinski definition) is 0. The van der Waals surface area contributed by atoms with E-state index in [1.165, 1.54) is 18.9 Å². The zero-order valence-corrected chi connectivity index (χ0v) is 10.3. The minimum atomic E-state index is -0.325. The third-order valence-corrected chi connectivity index (χ3v) is 3.01. The maximum Gasteiger partial charge on any atom is 0.315 e. The molecule has 0 fully saturated rings. The van der Waals surface area contributed by atoms with E-state index in [9.17, 15) is 9.59 Å². The van der Waals surface area contributed by atoms with Crippen molar-refractivity contribution in [1.29, 1.82) is 0 Å². The molecule has 3 nitrogen and oxygen atoms in total. The molecule has 86 valence electrons. The third kappa shape index (κ3) is 4.24. The Labute approximate surface area is 103 Å². The summed E-state index contributed by atoms with van der Waals surface area (Å²) >= 11 is 6.94. The van der Waals surface area contributed by atoms with E-state index in [4.69, 9.17) is 11.6 Å². The van der Waals surface area contributed by atoms with Crippen LogP contribution in [0.25, 0.3) is 0 Å². The fraction of sp³-hybridized carbons (Fsp3) is 0.273. The van der Waals surface area contributed by atoms with Crippen molar-refractivity contribution in [2.75, 3.05) is 18.6 Å². The standard InChI is InChI=1S/C11H11ClO3S/c1-15-11(14)7-16-6-10(13)8-2-4-9(12)5-3-8/h2-5H,6-7H2,1H3. The first-order valence-corrected chi connectivity index (χ1v) is 6.10. The normalized spacial score (nSPS) is 9.88. The number of rotatable bonds is 5. The Bertz CT molecular complexity index is 375. The van der Waals surface area contributed by atoms with Crippen LogP contribution in [0.15, 0.2) is 24.3 Å². The molecule has 0 spiro atoms. The first-order valence-electron chi connectivity index (χ1n) is 4.57. The number of ether oxygens (including phenoxy) is 1. The molecule has 0 amide bonds. The van der Waals surface area contributed by atoms with Crippen molar-refractivity contribution < 1.29 is 14.3 Å². The molecule has 0 heterocycles. The molecule has 0 bridgehead atoms. The maximum absolute atomic E-state index is 11.6. The summed E-state index contributed by atoms with van der Waals surface area (Å²) in [6, 6.07) is 6.67. The van der Waals surface area contributed by atoms with Crippen molar-refractivity contribution >= 4 is 35.1 Å². The molecule has 1 rings (SSSR count). The number of esters is 1. The molecule has 0 saturated heterocycles. The smallest absolute Gasteiger partial charge is 0.315 e. The number of benzene rings is 1. The summed E-state index contributed by atoms with van der Waals surface area (Å²) in [5.74, 6) is 0.103. The highest BCUT2D eigenvalue weighted by Crippen LogP contribution is 2.12. The Kier molecular flexibility index (Phi) is 5.35. The van der Waals surface area contributed by atoms with Gasteiger partial charge in [-0.2, -0.15) is 0 Å². The molecule has 0 aliphatic rings. The molecule has 0 aliphatic carbocycles. The third-order valence-electron chi connectivity index (χ3n) is 1.85. The second kappa shape index (κ2) is 6.55.